The van der Waals surface area contributed by atoms with Crippen molar-refractivity contribution in [1.29, 1.82) is 0 Å². The molecule has 2 unspecified atom stereocenters. The normalized spacial score (nSPS) is 29.6. The number of carbonyl (C=O) groups is 2. The Hall–Kier alpha value is -1.18. The maximum Gasteiger partial charge on any atom is 0.249 e. The number of rotatable bonds is 5. The van der Waals surface area contributed by atoms with E-state index in [4.69, 9.17) is 14.2 Å². The smallest absolute Gasteiger partial charge is 0.249 e. The Morgan fingerprint density at radius 1 is 0.840 bits per heavy atom. The minimum absolute atomic E-state index is 0.0650. The lowest BCUT2D eigenvalue weighted by Crippen LogP contribution is -2.61. The molecule has 0 aromatic rings. The highest BCUT2D eigenvalue weighted by atomic mass is 16.5. The quantitative estimate of drug-likeness (QED) is 0.766. The fourth-order valence-corrected chi connectivity index (χ4v) is 3.72. The lowest BCUT2D eigenvalue weighted by molar-refractivity contribution is -0.140. The molecule has 3 aliphatic heterocycles. The van der Waals surface area contributed by atoms with E-state index in [0.717, 1.165) is 38.5 Å². The topological polar surface area (TPSA) is 85.9 Å². The standard InChI is InChI=1S/C18H30N2O5/c21-16(14-5-1-3-9-24-14)19-13-18(7-11-23-12-8-18)20-17(22)15-6-2-4-10-25-15/h14-15H,1-13H2,(H,19,21)(H,20,22). The van der Waals surface area contributed by atoms with Crippen LogP contribution in [0, 0.1) is 0 Å². The van der Waals surface area contributed by atoms with Gasteiger partial charge < -0.3 is 24.8 Å². The Kier molecular flexibility index (Phi) is 6.67. The summed E-state index contributed by atoms with van der Waals surface area (Å²) in [7, 11) is 0. The fraction of sp³-hybridized carbons (Fsp3) is 0.889. The van der Waals surface area contributed by atoms with Crippen molar-refractivity contribution < 1.29 is 23.8 Å². The summed E-state index contributed by atoms with van der Waals surface area (Å²) in [6.07, 6.45) is 6.26. The molecule has 0 radical (unpaired) electrons. The highest BCUT2D eigenvalue weighted by molar-refractivity contribution is 5.82. The molecule has 0 aromatic carbocycles. The maximum atomic E-state index is 12.6. The second-order valence-corrected chi connectivity index (χ2v) is 7.31. The highest BCUT2D eigenvalue weighted by Gasteiger charge is 2.37. The average Bonchev–Trinajstić information content (AvgIpc) is 2.68. The van der Waals surface area contributed by atoms with Gasteiger partial charge in [0.15, 0.2) is 0 Å². The number of carbonyl (C=O) groups excluding carboxylic acids is 2. The predicted octanol–water partition coefficient (Wildman–Crippen LogP) is 0.906. The molecule has 7 nitrogen and oxygen atoms in total. The molecular weight excluding hydrogens is 324 g/mol. The van der Waals surface area contributed by atoms with E-state index in [2.05, 4.69) is 10.6 Å². The van der Waals surface area contributed by atoms with E-state index in [1.807, 2.05) is 0 Å². The summed E-state index contributed by atoms with van der Waals surface area (Å²) in [6.45, 7) is 2.87. The van der Waals surface area contributed by atoms with Crippen LogP contribution in [0.3, 0.4) is 0 Å². The molecule has 25 heavy (non-hydrogen) atoms. The Morgan fingerprint density at radius 3 is 2.00 bits per heavy atom. The van der Waals surface area contributed by atoms with E-state index in [9.17, 15) is 9.59 Å². The molecule has 0 saturated carbocycles. The van der Waals surface area contributed by atoms with Gasteiger partial charge in [0.2, 0.25) is 11.8 Å². The molecule has 3 aliphatic rings. The largest absolute Gasteiger partial charge is 0.381 e. The number of amides is 2. The lowest BCUT2D eigenvalue weighted by Gasteiger charge is -2.39. The molecule has 0 aliphatic carbocycles. The van der Waals surface area contributed by atoms with Crippen LogP contribution in [0.2, 0.25) is 0 Å². The minimum Gasteiger partial charge on any atom is -0.381 e. The molecule has 2 atom stereocenters. The molecule has 3 rings (SSSR count). The van der Waals surface area contributed by atoms with Crippen molar-refractivity contribution in [3.63, 3.8) is 0 Å². The summed E-state index contributed by atoms with van der Waals surface area (Å²) in [6, 6.07) is 0. The maximum absolute atomic E-state index is 12.6. The van der Waals surface area contributed by atoms with Gasteiger partial charge in [-0.05, 0) is 51.4 Å². The van der Waals surface area contributed by atoms with Crippen molar-refractivity contribution in [1.82, 2.24) is 10.6 Å². The van der Waals surface area contributed by atoms with E-state index in [-0.39, 0.29) is 24.0 Å². The second kappa shape index (κ2) is 8.96. The van der Waals surface area contributed by atoms with E-state index in [1.54, 1.807) is 0 Å². The van der Waals surface area contributed by atoms with Crippen LogP contribution >= 0.6 is 0 Å². The van der Waals surface area contributed by atoms with Gasteiger partial charge in [-0.25, -0.2) is 0 Å². The van der Waals surface area contributed by atoms with Crippen molar-refractivity contribution in [2.75, 3.05) is 33.0 Å². The highest BCUT2D eigenvalue weighted by Crippen LogP contribution is 2.22. The minimum atomic E-state index is -0.458. The molecule has 0 aromatic heterocycles. The molecule has 3 heterocycles. The molecule has 0 bridgehead atoms. The van der Waals surface area contributed by atoms with E-state index in [1.165, 1.54) is 0 Å². The van der Waals surface area contributed by atoms with Gasteiger partial charge in [-0.3, -0.25) is 9.59 Å². The van der Waals surface area contributed by atoms with Crippen LogP contribution in [-0.4, -0.2) is 62.5 Å². The summed E-state index contributed by atoms with van der Waals surface area (Å²) >= 11 is 0. The third-order valence-corrected chi connectivity index (χ3v) is 5.38. The van der Waals surface area contributed by atoms with Crippen LogP contribution in [0.4, 0.5) is 0 Å². The zero-order valence-corrected chi connectivity index (χ0v) is 14.9. The van der Waals surface area contributed by atoms with Crippen LogP contribution in [0.25, 0.3) is 0 Å². The number of hydrogen-bond acceptors (Lipinski definition) is 5. The van der Waals surface area contributed by atoms with Gasteiger partial charge in [0.25, 0.3) is 0 Å². The van der Waals surface area contributed by atoms with Crippen LogP contribution in [0.15, 0.2) is 0 Å². The Balaban J connectivity index is 1.55. The average molecular weight is 354 g/mol. The first kappa shape index (κ1) is 18.6. The van der Waals surface area contributed by atoms with Crippen LogP contribution < -0.4 is 10.6 Å². The zero-order chi connectivity index (χ0) is 17.5. The third kappa shape index (κ3) is 5.15. The zero-order valence-electron chi connectivity index (χ0n) is 14.9. The van der Waals surface area contributed by atoms with Crippen molar-refractivity contribution in [3.05, 3.63) is 0 Å². The monoisotopic (exact) mass is 354 g/mol. The van der Waals surface area contributed by atoms with E-state index in [0.29, 0.717) is 45.8 Å². The van der Waals surface area contributed by atoms with Gasteiger partial charge >= 0.3 is 0 Å². The molecule has 2 N–H and O–H groups in total. The number of ether oxygens (including phenoxy) is 3. The van der Waals surface area contributed by atoms with Crippen molar-refractivity contribution in [2.24, 2.45) is 0 Å². The molecule has 3 fully saturated rings. The van der Waals surface area contributed by atoms with Gasteiger partial charge in [0.05, 0.1) is 5.54 Å². The predicted molar refractivity (Wildman–Crippen MR) is 91.1 cm³/mol. The fourth-order valence-electron chi connectivity index (χ4n) is 3.72. The summed E-state index contributed by atoms with van der Waals surface area (Å²) in [5.74, 6) is -0.140. The van der Waals surface area contributed by atoms with Gasteiger partial charge in [0.1, 0.15) is 12.2 Å². The Labute approximate surface area is 149 Å². The van der Waals surface area contributed by atoms with Gasteiger partial charge in [0, 0.05) is 33.0 Å². The van der Waals surface area contributed by atoms with Crippen LogP contribution in [0.5, 0.6) is 0 Å². The molecule has 3 saturated heterocycles. The second-order valence-electron chi connectivity index (χ2n) is 7.31. The summed E-state index contributed by atoms with van der Waals surface area (Å²) in [5.41, 5.74) is -0.458. The summed E-state index contributed by atoms with van der Waals surface area (Å²) in [5, 5.41) is 6.16. The summed E-state index contributed by atoms with van der Waals surface area (Å²) in [4.78, 5) is 25.0. The van der Waals surface area contributed by atoms with E-state index < -0.39 is 5.54 Å². The molecule has 7 heteroatoms. The van der Waals surface area contributed by atoms with E-state index >= 15 is 0 Å². The third-order valence-electron chi connectivity index (χ3n) is 5.38. The first-order valence-electron chi connectivity index (χ1n) is 9.59. The molecule has 0 spiro atoms. The van der Waals surface area contributed by atoms with Crippen molar-refractivity contribution >= 4 is 11.8 Å². The SMILES string of the molecule is O=C(NCC1(NC(=O)C2CCCCO2)CCOCC1)C1CCCCO1. The molecular formula is C18H30N2O5. The Bertz CT molecular complexity index is 452. The first-order valence-corrected chi connectivity index (χ1v) is 9.59. The van der Waals surface area contributed by atoms with Gasteiger partial charge in [-0.1, -0.05) is 0 Å². The van der Waals surface area contributed by atoms with Gasteiger partial charge in [-0.2, -0.15) is 0 Å². The number of nitrogens with one attached hydrogen (secondary N) is 2. The van der Waals surface area contributed by atoms with Crippen LogP contribution in [-0.2, 0) is 23.8 Å². The molecule has 142 valence electrons. The number of hydrogen-bond donors (Lipinski definition) is 2. The lowest BCUT2D eigenvalue weighted by atomic mass is 9.89. The Morgan fingerprint density at radius 2 is 1.44 bits per heavy atom. The van der Waals surface area contributed by atoms with Crippen molar-refractivity contribution in [2.45, 2.75) is 69.1 Å². The molecule has 2 amide bonds. The van der Waals surface area contributed by atoms with Crippen LogP contribution in [0.1, 0.15) is 51.4 Å². The van der Waals surface area contributed by atoms with Crippen molar-refractivity contribution in [3.8, 4) is 0 Å². The summed E-state index contributed by atoms with van der Waals surface area (Å²) < 4.78 is 16.6. The van der Waals surface area contributed by atoms with Gasteiger partial charge in [-0.15, -0.1) is 0 Å². The first-order chi connectivity index (χ1) is 12.2.